The molecule has 106 valence electrons. The second-order valence-electron chi connectivity index (χ2n) is 5.73. The minimum absolute atomic E-state index is 0. The van der Waals surface area contributed by atoms with Crippen molar-refractivity contribution in [3.05, 3.63) is 29.3 Å². The van der Waals surface area contributed by atoms with Crippen LogP contribution in [0.4, 0.5) is 5.69 Å². The number of hydrogen-bond acceptors (Lipinski definition) is 2. The minimum Gasteiger partial charge on any atom is -0.384 e. The van der Waals surface area contributed by atoms with Crippen molar-refractivity contribution < 1.29 is 0 Å². The Morgan fingerprint density at radius 1 is 1.32 bits per heavy atom. The SMILES string of the molecule is CCN(CCC1CC1)Cc1cccc2c1NCC2.Cl. The first kappa shape index (κ1) is 14.7. The maximum atomic E-state index is 3.55. The summed E-state index contributed by atoms with van der Waals surface area (Å²) in [5, 5.41) is 3.55. The van der Waals surface area contributed by atoms with E-state index >= 15 is 0 Å². The number of hydrogen-bond donors (Lipinski definition) is 1. The lowest BCUT2D eigenvalue weighted by atomic mass is 10.1. The highest BCUT2D eigenvalue weighted by molar-refractivity contribution is 5.85. The van der Waals surface area contributed by atoms with Gasteiger partial charge in [-0.15, -0.1) is 12.4 Å². The Labute approximate surface area is 123 Å². The Bertz CT molecular complexity index is 415. The average molecular weight is 281 g/mol. The van der Waals surface area contributed by atoms with Crippen LogP contribution in [0.15, 0.2) is 18.2 Å². The third-order valence-electron chi connectivity index (χ3n) is 4.32. The van der Waals surface area contributed by atoms with Crippen LogP contribution in [0.5, 0.6) is 0 Å². The largest absolute Gasteiger partial charge is 0.384 e. The van der Waals surface area contributed by atoms with E-state index in [1.807, 2.05) is 0 Å². The first-order chi connectivity index (χ1) is 8.86. The van der Waals surface area contributed by atoms with E-state index in [-0.39, 0.29) is 12.4 Å². The molecule has 0 spiro atoms. The summed E-state index contributed by atoms with van der Waals surface area (Å²) >= 11 is 0. The number of nitrogens with zero attached hydrogens (tertiary/aromatic N) is 1. The van der Waals surface area contributed by atoms with Gasteiger partial charge in [0.15, 0.2) is 0 Å². The van der Waals surface area contributed by atoms with Gasteiger partial charge in [0, 0.05) is 18.8 Å². The molecule has 1 aromatic rings. The molecule has 0 bridgehead atoms. The van der Waals surface area contributed by atoms with E-state index in [4.69, 9.17) is 0 Å². The van der Waals surface area contributed by atoms with Gasteiger partial charge < -0.3 is 5.32 Å². The molecule has 2 aliphatic rings. The van der Waals surface area contributed by atoms with E-state index in [0.717, 1.165) is 25.6 Å². The second-order valence-corrected chi connectivity index (χ2v) is 5.73. The quantitative estimate of drug-likeness (QED) is 0.855. The molecule has 0 atom stereocenters. The summed E-state index contributed by atoms with van der Waals surface area (Å²) in [7, 11) is 0. The van der Waals surface area contributed by atoms with Crippen molar-refractivity contribution >= 4 is 18.1 Å². The molecule has 19 heavy (non-hydrogen) atoms. The summed E-state index contributed by atoms with van der Waals surface area (Å²) in [4.78, 5) is 2.59. The summed E-state index contributed by atoms with van der Waals surface area (Å²) in [6.45, 7) is 6.94. The van der Waals surface area contributed by atoms with Gasteiger partial charge in [-0.2, -0.15) is 0 Å². The molecule has 3 heteroatoms. The number of halogens is 1. The van der Waals surface area contributed by atoms with Crippen LogP contribution in [-0.2, 0) is 13.0 Å². The summed E-state index contributed by atoms with van der Waals surface area (Å²) in [6.07, 6.45) is 5.54. The monoisotopic (exact) mass is 280 g/mol. The van der Waals surface area contributed by atoms with Crippen LogP contribution >= 0.6 is 12.4 Å². The van der Waals surface area contributed by atoms with Crippen molar-refractivity contribution in [1.82, 2.24) is 4.90 Å². The first-order valence-corrected chi connectivity index (χ1v) is 7.44. The van der Waals surface area contributed by atoms with Crippen LogP contribution < -0.4 is 5.32 Å². The molecule has 1 aliphatic heterocycles. The first-order valence-electron chi connectivity index (χ1n) is 7.44. The van der Waals surface area contributed by atoms with Gasteiger partial charge in [-0.25, -0.2) is 0 Å². The number of nitrogens with one attached hydrogen (secondary N) is 1. The van der Waals surface area contributed by atoms with Crippen LogP contribution in [0.1, 0.15) is 37.3 Å². The third-order valence-corrected chi connectivity index (χ3v) is 4.32. The summed E-state index contributed by atoms with van der Waals surface area (Å²) in [5.41, 5.74) is 4.41. The highest BCUT2D eigenvalue weighted by Crippen LogP contribution is 2.33. The maximum Gasteiger partial charge on any atom is 0.0419 e. The fourth-order valence-electron chi connectivity index (χ4n) is 2.90. The minimum atomic E-state index is 0. The van der Waals surface area contributed by atoms with Crippen molar-refractivity contribution in [2.24, 2.45) is 5.92 Å². The standard InChI is InChI=1S/C16H24N2.ClH/c1-2-18(11-9-13-6-7-13)12-15-5-3-4-14-8-10-17-16(14)15;/h3-5,13,17H,2,6-12H2,1H3;1H. The van der Waals surface area contributed by atoms with E-state index in [1.54, 1.807) is 0 Å². The zero-order valence-electron chi connectivity index (χ0n) is 11.8. The van der Waals surface area contributed by atoms with Gasteiger partial charge in [-0.05, 0) is 43.0 Å². The van der Waals surface area contributed by atoms with Gasteiger partial charge in [0.05, 0.1) is 0 Å². The zero-order valence-corrected chi connectivity index (χ0v) is 12.6. The van der Waals surface area contributed by atoms with Crippen LogP contribution in [0.3, 0.4) is 0 Å². The molecule has 1 N–H and O–H groups in total. The Hall–Kier alpha value is -0.730. The van der Waals surface area contributed by atoms with Gasteiger partial charge in [-0.3, -0.25) is 4.90 Å². The molecule has 1 aliphatic carbocycles. The molecule has 0 radical (unpaired) electrons. The topological polar surface area (TPSA) is 15.3 Å². The maximum absolute atomic E-state index is 3.55. The summed E-state index contributed by atoms with van der Waals surface area (Å²) in [6, 6.07) is 6.77. The van der Waals surface area contributed by atoms with Crippen molar-refractivity contribution in [2.45, 2.75) is 39.2 Å². The van der Waals surface area contributed by atoms with Crippen molar-refractivity contribution in [2.75, 3.05) is 25.0 Å². The average Bonchev–Trinajstić information content (AvgIpc) is 3.09. The fraction of sp³-hybridized carbons (Fsp3) is 0.625. The molecular weight excluding hydrogens is 256 g/mol. The van der Waals surface area contributed by atoms with E-state index < -0.39 is 0 Å². The van der Waals surface area contributed by atoms with E-state index in [2.05, 4.69) is 35.3 Å². The lowest BCUT2D eigenvalue weighted by Crippen LogP contribution is -2.24. The van der Waals surface area contributed by atoms with Gasteiger partial charge in [0.2, 0.25) is 0 Å². The summed E-state index contributed by atoms with van der Waals surface area (Å²) in [5.74, 6) is 1.04. The Morgan fingerprint density at radius 2 is 2.16 bits per heavy atom. The normalized spacial score (nSPS) is 16.9. The number of benzene rings is 1. The molecule has 0 unspecified atom stereocenters. The van der Waals surface area contributed by atoms with Crippen LogP contribution in [-0.4, -0.2) is 24.5 Å². The zero-order chi connectivity index (χ0) is 12.4. The Kier molecular flexibility index (Phi) is 5.12. The highest BCUT2D eigenvalue weighted by atomic mass is 35.5. The number of para-hydroxylation sites is 1. The number of anilines is 1. The highest BCUT2D eigenvalue weighted by Gasteiger charge is 2.22. The molecule has 1 saturated carbocycles. The van der Waals surface area contributed by atoms with E-state index in [0.29, 0.717) is 0 Å². The molecule has 1 heterocycles. The predicted molar refractivity (Wildman–Crippen MR) is 84.2 cm³/mol. The lowest BCUT2D eigenvalue weighted by molar-refractivity contribution is 0.271. The van der Waals surface area contributed by atoms with Gasteiger partial charge in [0.1, 0.15) is 0 Å². The molecule has 3 rings (SSSR count). The smallest absolute Gasteiger partial charge is 0.0419 e. The predicted octanol–water partition coefficient (Wildman–Crippen LogP) is 3.70. The Morgan fingerprint density at radius 3 is 2.89 bits per heavy atom. The molecule has 2 nitrogen and oxygen atoms in total. The molecule has 0 amide bonds. The summed E-state index contributed by atoms with van der Waals surface area (Å²) < 4.78 is 0. The van der Waals surface area contributed by atoms with Gasteiger partial charge in [0.25, 0.3) is 0 Å². The second kappa shape index (κ2) is 6.62. The number of rotatable bonds is 6. The van der Waals surface area contributed by atoms with Crippen LogP contribution in [0.2, 0.25) is 0 Å². The van der Waals surface area contributed by atoms with E-state index in [1.165, 1.54) is 49.0 Å². The van der Waals surface area contributed by atoms with Crippen LogP contribution in [0, 0.1) is 5.92 Å². The lowest BCUT2D eigenvalue weighted by Gasteiger charge is -2.22. The van der Waals surface area contributed by atoms with Crippen molar-refractivity contribution in [1.29, 1.82) is 0 Å². The van der Waals surface area contributed by atoms with Gasteiger partial charge >= 0.3 is 0 Å². The van der Waals surface area contributed by atoms with E-state index in [9.17, 15) is 0 Å². The third kappa shape index (κ3) is 3.64. The Balaban J connectivity index is 0.00000133. The molecule has 1 fully saturated rings. The molecule has 0 saturated heterocycles. The fourth-order valence-corrected chi connectivity index (χ4v) is 2.90. The van der Waals surface area contributed by atoms with Crippen LogP contribution in [0.25, 0.3) is 0 Å². The molecule has 0 aromatic heterocycles. The molecular formula is C16H25ClN2. The van der Waals surface area contributed by atoms with Crippen molar-refractivity contribution in [3.8, 4) is 0 Å². The van der Waals surface area contributed by atoms with Crippen molar-refractivity contribution in [3.63, 3.8) is 0 Å². The van der Waals surface area contributed by atoms with Gasteiger partial charge in [-0.1, -0.05) is 38.0 Å². The number of fused-ring (bicyclic) bond motifs is 1. The molecule has 1 aromatic carbocycles.